The Bertz CT molecular complexity index is 120. The van der Waals surface area contributed by atoms with Gasteiger partial charge in [-0.15, -0.1) is 0 Å². The summed E-state index contributed by atoms with van der Waals surface area (Å²) in [5, 5.41) is 8.65. The lowest BCUT2D eigenvalue weighted by atomic mass is 9.81. The molecule has 0 aliphatic heterocycles. The zero-order valence-electron chi connectivity index (χ0n) is 7.18. The summed E-state index contributed by atoms with van der Waals surface area (Å²) in [5.41, 5.74) is 0. The van der Waals surface area contributed by atoms with E-state index >= 15 is 0 Å². The minimum Gasteiger partial charge on any atom is -0.396 e. The fraction of sp³-hybridized carbons (Fsp3) is 1.00. The molecule has 0 unspecified atom stereocenters. The number of alkyl halides is 2. The second-order valence-corrected chi connectivity index (χ2v) is 3.63. The van der Waals surface area contributed by atoms with Gasteiger partial charge >= 0.3 is 0 Å². The van der Waals surface area contributed by atoms with Crippen LogP contribution in [0.2, 0.25) is 0 Å². The number of rotatable bonds is 3. The topological polar surface area (TPSA) is 20.2 Å². The Labute approximate surface area is 71.8 Å². The molecule has 12 heavy (non-hydrogen) atoms. The van der Waals surface area contributed by atoms with E-state index in [1.54, 1.807) is 0 Å². The predicted molar refractivity (Wildman–Crippen MR) is 43.2 cm³/mol. The first-order valence-electron chi connectivity index (χ1n) is 4.63. The lowest BCUT2D eigenvalue weighted by Gasteiger charge is -2.27. The Morgan fingerprint density at radius 2 is 1.75 bits per heavy atom. The molecule has 1 rings (SSSR count). The van der Waals surface area contributed by atoms with Gasteiger partial charge in [-0.2, -0.15) is 0 Å². The molecule has 1 saturated carbocycles. The highest BCUT2D eigenvalue weighted by Crippen LogP contribution is 2.33. The van der Waals surface area contributed by atoms with E-state index in [-0.39, 0.29) is 12.5 Å². The molecule has 1 N–H and O–H groups in total. The van der Waals surface area contributed by atoms with Crippen LogP contribution in [0.25, 0.3) is 0 Å². The molecule has 0 atom stereocenters. The Kier molecular flexibility index (Phi) is 3.92. The first kappa shape index (κ1) is 9.90. The van der Waals surface area contributed by atoms with Gasteiger partial charge in [-0.3, -0.25) is 0 Å². The summed E-state index contributed by atoms with van der Waals surface area (Å²) in [6.07, 6.45) is 1.67. The van der Waals surface area contributed by atoms with Crippen molar-refractivity contribution in [1.29, 1.82) is 0 Å². The zero-order valence-corrected chi connectivity index (χ0v) is 7.18. The van der Waals surface area contributed by atoms with Crippen molar-refractivity contribution in [2.24, 2.45) is 11.8 Å². The maximum absolute atomic E-state index is 12.2. The van der Waals surface area contributed by atoms with Crippen LogP contribution in [0.4, 0.5) is 8.78 Å². The summed E-state index contributed by atoms with van der Waals surface area (Å²) in [5.74, 6) is 0.116. The fourth-order valence-corrected chi connectivity index (χ4v) is 1.91. The van der Waals surface area contributed by atoms with Crippen LogP contribution in [0.1, 0.15) is 32.1 Å². The van der Waals surface area contributed by atoms with Crippen LogP contribution < -0.4 is 0 Å². The van der Waals surface area contributed by atoms with Crippen LogP contribution in [0, 0.1) is 11.8 Å². The standard InChI is InChI=1S/C9H16F2O/c10-9(11)8-3-1-7(2-4-8)5-6-12/h7-9,12H,1-6H2. The van der Waals surface area contributed by atoms with E-state index in [9.17, 15) is 8.78 Å². The van der Waals surface area contributed by atoms with Crippen LogP contribution in [0.15, 0.2) is 0 Å². The smallest absolute Gasteiger partial charge is 0.241 e. The average Bonchev–Trinajstić information content (AvgIpc) is 2.06. The van der Waals surface area contributed by atoms with Gasteiger partial charge in [-0.1, -0.05) is 0 Å². The summed E-state index contributed by atoms with van der Waals surface area (Å²) in [7, 11) is 0. The SMILES string of the molecule is OCCC1CCC(C(F)F)CC1. The summed E-state index contributed by atoms with van der Waals surface area (Å²) < 4.78 is 24.4. The third-order valence-electron chi connectivity index (χ3n) is 2.79. The predicted octanol–water partition coefficient (Wildman–Crippen LogP) is 2.44. The van der Waals surface area contributed by atoms with Gasteiger partial charge < -0.3 is 5.11 Å². The fourth-order valence-electron chi connectivity index (χ4n) is 1.91. The van der Waals surface area contributed by atoms with Crippen LogP contribution in [-0.2, 0) is 0 Å². The van der Waals surface area contributed by atoms with E-state index in [0.29, 0.717) is 18.8 Å². The monoisotopic (exact) mass is 178 g/mol. The molecule has 72 valence electrons. The minimum atomic E-state index is -2.14. The Morgan fingerprint density at radius 3 is 2.17 bits per heavy atom. The highest BCUT2D eigenvalue weighted by Gasteiger charge is 2.26. The van der Waals surface area contributed by atoms with Gasteiger partial charge in [0, 0.05) is 12.5 Å². The number of aliphatic hydroxyl groups is 1. The molecule has 1 fully saturated rings. The Hall–Kier alpha value is -0.180. The summed E-state index contributed by atoms with van der Waals surface area (Å²) in [6, 6.07) is 0. The molecular weight excluding hydrogens is 162 g/mol. The molecule has 0 saturated heterocycles. The van der Waals surface area contributed by atoms with E-state index in [4.69, 9.17) is 5.11 Å². The van der Waals surface area contributed by atoms with Gasteiger partial charge in [0.05, 0.1) is 0 Å². The van der Waals surface area contributed by atoms with Crippen molar-refractivity contribution in [3.8, 4) is 0 Å². The van der Waals surface area contributed by atoms with Crippen molar-refractivity contribution in [2.75, 3.05) is 6.61 Å². The molecule has 0 spiro atoms. The van der Waals surface area contributed by atoms with Crippen LogP contribution in [0.3, 0.4) is 0 Å². The maximum atomic E-state index is 12.2. The summed E-state index contributed by atoms with van der Waals surface area (Å²) >= 11 is 0. The first-order chi connectivity index (χ1) is 5.74. The average molecular weight is 178 g/mol. The van der Waals surface area contributed by atoms with E-state index in [0.717, 1.165) is 19.3 Å². The molecule has 0 aromatic rings. The Morgan fingerprint density at radius 1 is 1.17 bits per heavy atom. The van der Waals surface area contributed by atoms with Gasteiger partial charge in [0.1, 0.15) is 0 Å². The second kappa shape index (κ2) is 4.75. The van der Waals surface area contributed by atoms with Crippen LogP contribution in [-0.4, -0.2) is 18.1 Å². The highest BCUT2D eigenvalue weighted by atomic mass is 19.3. The number of hydrogen-bond acceptors (Lipinski definition) is 1. The number of halogens is 2. The molecular formula is C9H16F2O. The van der Waals surface area contributed by atoms with Gasteiger partial charge in [-0.25, -0.2) is 8.78 Å². The maximum Gasteiger partial charge on any atom is 0.241 e. The van der Waals surface area contributed by atoms with E-state index in [2.05, 4.69) is 0 Å². The number of hydrogen-bond donors (Lipinski definition) is 1. The molecule has 1 aliphatic rings. The summed E-state index contributed by atoms with van der Waals surface area (Å²) in [4.78, 5) is 0. The third-order valence-corrected chi connectivity index (χ3v) is 2.79. The summed E-state index contributed by atoms with van der Waals surface area (Å²) in [6.45, 7) is 0.198. The molecule has 1 nitrogen and oxygen atoms in total. The zero-order chi connectivity index (χ0) is 8.97. The van der Waals surface area contributed by atoms with E-state index in [1.165, 1.54) is 0 Å². The van der Waals surface area contributed by atoms with Gasteiger partial charge in [0.15, 0.2) is 0 Å². The van der Waals surface area contributed by atoms with Crippen molar-refractivity contribution in [3.05, 3.63) is 0 Å². The Balaban J connectivity index is 2.20. The second-order valence-electron chi connectivity index (χ2n) is 3.63. The van der Waals surface area contributed by atoms with Crippen molar-refractivity contribution in [1.82, 2.24) is 0 Å². The highest BCUT2D eigenvalue weighted by molar-refractivity contribution is 4.73. The third kappa shape index (κ3) is 2.70. The van der Waals surface area contributed by atoms with Crippen molar-refractivity contribution >= 4 is 0 Å². The van der Waals surface area contributed by atoms with E-state index < -0.39 is 6.43 Å². The largest absolute Gasteiger partial charge is 0.396 e. The van der Waals surface area contributed by atoms with Crippen LogP contribution >= 0.6 is 0 Å². The van der Waals surface area contributed by atoms with E-state index in [1.807, 2.05) is 0 Å². The first-order valence-corrected chi connectivity index (χ1v) is 4.63. The lowest BCUT2D eigenvalue weighted by Crippen LogP contribution is -2.20. The van der Waals surface area contributed by atoms with Crippen molar-refractivity contribution < 1.29 is 13.9 Å². The number of aliphatic hydroxyl groups excluding tert-OH is 1. The molecule has 0 bridgehead atoms. The molecule has 0 aromatic heterocycles. The van der Waals surface area contributed by atoms with Gasteiger partial charge in [0.25, 0.3) is 0 Å². The molecule has 0 heterocycles. The molecule has 1 aliphatic carbocycles. The normalized spacial score (nSPS) is 31.0. The van der Waals surface area contributed by atoms with Crippen LogP contribution in [0.5, 0.6) is 0 Å². The molecule has 0 radical (unpaired) electrons. The van der Waals surface area contributed by atoms with Crippen molar-refractivity contribution in [2.45, 2.75) is 38.5 Å². The minimum absolute atomic E-state index is 0.198. The quantitative estimate of drug-likeness (QED) is 0.703. The lowest BCUT2D eigenvalue weighted by molar-refractivity contribution is 0.0438. The molecule has 0 amide bonds. The van der Waals surface area contributed by atoms with Crippen molar-refractivity contribution in [3.63, 3.8) is 0 Å². The van der Waals surface area contributed by atoms with Gasteiger partial charge in [0.2, 0.25) is 6.43 Å². The van der Waals surface area contributed by atoms with Gasteiger partial charge in [-0.05, 0) is 38.0 Å². The molecule has 0 aromatic carbocycles. The molecule has 3 heteroatoms.